The van der Waals surface area contributed by atoms with Crippen LogP contribution >= 0.6 is 12.4 Å². The number of para-hydroxylation sites is 1. The van der Waals surface area contributed by atoms with Gasteiger partial charge < -0.3 is 15.8 Å². The van der Waals surface area contributed by atoms with Crippen LogP contribution in [0.3, 0.4) is 0 Å². The number of likely N-dealkylation sites (tertiary alicyclic amines) is 1. The molecule has 1 saturated heterocycles. The summed E-state index contributed by atoms with van der Waals surface area (Å²) in [4.78, 5) is 14.2. The Bertz CT molecular complexity index is 482. The molecule has 0 aliphatic carbocycles. The zero-order valence-electron chi connectivity index (χ0n) is 13.2. The minimum atomic E-state index is 0. The van der Waals surface area contributed by atoms with Crippen LogP contribution in [0.15, 0.2) is 24.3 Å². The fourth-order valence-corrected chi connectivity index (χ4v) is 2.74. The van der Waals surface area contributed by atoms with Crippen LogP contribution in [0.25, 0.3) is 0 Å². The third-order valence-electron chi connectivity index (χ3n) is 4.09. The maximum Gasteiger partial charge on any atom is 0.234 e. The Labute approximate surface area is 138 Å². The molecule has 1 aliphatic heterocycles. The maximum absolute atomic E-state index is 12.0. The van der Waals surface area contributed by atoms with Crippen molar-refractivity contribution in [2.75, 3.05) is 26.7 Å². The highest BCUT2D eigenvalue weighted by molar-refractivity contribution is 5.85. The first-order valence-corrected chi connectivity index (χ1v) is 7.46. The normalized spacial score (nSPS) is 19.3. The minimum Gasteiger partial charge on any atom is -0.496 e. The summed E-state index contributed by atoms with van der Waals surface area (Å²) in [5.74, 6) is 1.36. The van der Waals surface area contributed by atoms with Crippen LogP contribution in [0.4, 0.5) is 0 Å². The molecule has 124 valence electrons. The molecule has 0 spiro atoms. The summed E-state index contributed by atoms with van der Waals surface area (Å²) in [6, 6.07) is 7.92. The number of nitrogens with two attached hydrogens (primary N) is 1. The van der Waals surface area contributed by atoms with Gasteiger partial charge >= 0.3 is 0 Å². The lowest BCUT2D eigenvalue weighted by Crippen LogP contribution is -2.37. The van der Waals surface area contributed by atoms with E-state index in [1.807, 2.05) is 31.2 Å². The number of hydrogen-bond acceptors (Lipinski definition) is 4. The maximum atomic E-state index is 12.0. The van der Waals surface area contributed by atoms with Crippen molar-refractivity contribution >= 4 is 18.3 Å². The topological polar surface area (TPSA) is 67.6 Å². The Hall–Kier alpha value is -1.30. The van der Waals surface area contributed by atoms with E-state index in [9.17, 15) is 4.79 Å². The van der Waals surface area contributed by atoms with Gasteiger partial charge in [-0.1, -0.05) is 18.2 Å². The highest BCUT2D eigenvalue weighted by atomic mass is 35.5. The molecule has 2 atom stereocenters. The summed E-state index contributed by atoms with van der Waals surface area (Å²) in [6.45, 7) is 4.84. The van der Waals surface area contributed by atoms with E-state index < -0.39 is 0 Å². The number of halogens is 1. The Balaban J connectivity index is 0.00000242. The molecule has 3 N–H and O–H groups in total. The van der Waals surface area contributed by atoms with E-state index in [2.05, 4.69) is 10.2 Å². The lowest BCUT2D eigenvalue weighted by molar-refractivity contribution is -0.122. The van der Waals surface area contributed by atoms with Crippen LogP contribution in [-0.2, 0) is 11.3 Å². The van der Waals surface area contributed by atoms with Crippen LogP contribution in [-0.4, -0.2) is 43.6 Å². The average Bonchev–Trinajstić information content (AvgIpc) is 2.94. The van der Waals surface area contributed by atoms with Crippen molar-refractivity contribution in [3.05, 3.63) is 29.8 Å². The molecule has 2 unspecified atom stereocenters. The fraction of sp³-hybridized carbons (Fsp3) is 0.562. The Kier molecular flexibility index (Phi) is 7.65. The summed E-state index contributed by atoms with van der Waals surface area (Å²) in [5, 5.41) is 2.95. The number of nitrogens with one attached hydrogen (secondary N) is 1. The minimum absolute atomic E-state index is 0. The Morgan fingerprint density at radius 3 is 2.86 bits per heavy atom. The van der Waals surface area contributed by atoms with Gasteiger partial charge in [0.15, 0.2) is 0 Å². The first-order chi connectivity index (χ1) is 10.1. The van der Waals surface area contributed by atoms with Gasteiger partial charge in [0.1, 0.15) is 5.75 Å². The van der Waals surface area contributed by atoms with E-state index in [4.69, 9.17) is 10.5 Å². The van der Waals surface area contributed by atoms with Gasteiger partial charge in [0.2, 0.25) is 5.91 Å². The second-order valence-corrected chi connectivity index (χ2v) is 5.73. The fourth-order valence-electron chi connectivity index (χ4n) is 2.74. The number of carbonyl (C=O) groups excluding carboxylic acids is 1. The number of carbonyl (C=O) groups is 1. The first-order valence-electron chi connectivity index (χ1n) is 7.46. The molecule has 1 aromatic carbocycles. The van der Waals surface area contributed by atoms with E-state index in [1.54, 1.807) is 7.11 Å². The van der Waals surface area contributed by atoms with Crippen molar-refractivity contribution in [1.29, 1.82) is 0 Å². The molecule has 22 heavy (non-hydrogen) atoms. The molecule has 6 heteroatoms. The highest BCUT2D eigenvalue weighted by Gasteiger charge is 2.26. The van der Waals surface area contributed by atoms with Crippen molar-refractivity contribution in [2.24, 2.45) is 11.7 Å². The summed E-state index contributed by atoms with van der Waals surface area (Å²) in [5.41, 5.74) is 6.91. The van der Waals surface area contributed by atoms with Gasteiger partial charge in [0.25, 0.3) is 0 Å². The van der Waals surface area contributed by atoms with E-state index in [1.165, 1.54) is 0 Å². The molecule has 1 amide bonds. The van der Waals surface area contributed by atoms with E-state index in [0.29, 0.717) is 19.0 Å². The third kappa shape index (κ3) is 5.16. The zero-order valence-corrected chi connectivity index (χ0v) is 14.1. The van der Waals surface area contributed by atoms with Crippen LogP contribution in [0.1, 0.15) is 18.9 Å². The lowest BCUT2D eigenvalue weighted by Gasteiger charge is -2.17. The smallest absolute Gasteiger partial charge is 0.234 e. The molecule has 0 saturated carbocycles. The summed E-state index contributed by atoms with van der Waals surface area (Å²) < 4.78 is 5.28. The van der Waals surface area contributed by atoms with Gasteiger partial charge in [-0.2, -0.15) is 0 Å². The molecule has 1 fully saturated rings. The lowest BCUT2D eigenvalue weighted by atomic mass is 10.0. The molecule has 0 aromatic heterocycles. The number of methoxy groups -OCH3 is 1. The average molecular weight is 328 g/mol. The van der Waals surface area contributed by atoms with Crippen molar-refractivity contribution in [1.82, 2.24) is 10.2 Å². The monoisotopic (exact) mass is 327 g/mol. The van der Waals surface area contributed by atoms with Crippen molar-refractivity contribution in [3.8, 4) is 5.75 Å². The highest BCUT2D eigenvalue weighted by Crippen LogP contribution is 2.18. The molecule has 2 rings (SSSR count). The van der Waals surface area contributed by atoms with E-state index in [0.717, 1.165) is 30.8 Å². The zero-order chi connectivity index (χ0) is 15.2. The third-order valence-corrected chi connectivity index (χ3v) is 4.09. The molecule has 1 aromatic rings. The van der Waals surface area contributed by atoms with Crippen LogP contribution in [0.2, 0.25) is 0 Å². The van der Waals surface area contributed by atoms with Gasteiger partial charge in [-0.25, -0.2) is 0 Å². The molecule has 1 heterocycles. The summed E-state index contributed by atoms with van der Waals surface area (Å²) >= 11 is 0. The molecular formula is C16H26ClN3O2. The molecule has 1 aliphatic rings. The predicted octanol–water partition coefficient (Wildman–Crippen LogP) is 1.40. The number of amides is 1. The Morgan fingerprint density at radius 2 is 2.23 bits per heavy atom. The largest absolute Gasteiger partial charge is 0.496 e. The van der Waals surface area contributed by atoms with E-state index >= 15 is 0 Å². The van der Waals surface area contributed by atoms with Gasteiger partial charge in [-0.05, 0) is 31.9 Å². The van der Waals surface area contributed by atoms with Crippen LogP contribution in [0.5, 0.6) is 5.75 Å². The van der Waals surface area contributed by atoms with Gasteiger partial charge in [-0.15, -0.1) is 12.4 Å². The Morgan fingerprint density at radius 1 is 1.50 bits per heavy atom. The van der Waals surface area contributed by atoms with Crippen LogP contribution in [0, 0.1) is 5.92 Å². The van der Waals surface area contributed by atoms with Gasteiger partial charge in [0.05, 0.1) is 13.7 Å². The van der Waals surface area contributed by atoms with Crippen molar-refractivity contribution in [2.45, 2.75) is 25.9 Å². The SMILES string of the molecule is COc1ccccc1CNC(=O)CN1CCC(C(C)N)C1.Cl. The van der Waals surface area contributed by atoms with E-state index in [-0.39, 0.29) is 24.4 Å². The molecule has 0 bridgehead atoms. The van der Waals surface area contributed by atoms with Gasteiger partial charge in [-0.3, -0.25) is 9.69 Å². The number of ether oxygens (including phenoxy) is 1. The summed E-state index contributed by atoms with van der Waals surface area (Å²) in [7, 11) is 1.64. The summed E-state index contributed by atoms with van der Waals surface area (Å²) in [6.07, 6.45) is 1.08. The predicted molar refractivity (Wildman–Crippen MR) is 90.3 cm³/mol. The first kappa shape index (κ1) is 18.7. The molecule has 5 nitrogen and oxygen atoms in total. The quantitative estimate of drug-likeness (QED) is 0.829. The van der Waals surface area contributed by atoms with Gasteiger partial charge in [0, 0.05) is 24.7 Å². The number of benzene rings is 1. The molecular weight excluding hydrogens is 302 g/mol. The molecule has 0 radical (unpaired) electrons. The van der Waals surface area contributed by atoms with Crippen LogP contribution < -0.4 is 15.8 Å². The number of rotatable bonds is 6. The second kappa shape index (κ2) is 8.98. The standard InChI is InChI=1S/C16H25N3O2.ClH/c1-12(17)14-7-8-19(10-14)11-16(20)18-9-13-5-3-4-6-15(13)21-2;/h3-6,12,14H,7-11,17H2,1-2H3,(H,18,20);1H. The van der Waals surface area contributed by atoms with Crippen molar-refractivity contribution in [3.63, 3.8) is 0 Å². The second-order valence-electron chi connectivity index (χ2n) is 5.73. The number of nitrogens with zero attached hydrogens (tertiary/aromatic N) is 1. The number of hydrogen-bond donors (Lipinski definition) is 2. The van der Waals surface area contributed by atoms with Crippen molar-refractivity contribution < 1.29 is 9.53 Å².